The van der Waals surface area contributed by atoms with Gasteiger partial charge in [0.05, 0.1) is 0 Å². The lowest BCUT2D eigenvalue weighted by molar-refractivity contribution is -0.157. The van der Waals surface area contributed by atoms with Gasteiger partial charge in [0.15, 0.2) is 0 Å². The molecule has 1 atom stereocenters. The molecule has 1 N–H and O–H groups in total. The molecule has 1 rings (SSSR count). The van der Waals surface area contributed by atoms with Crippen LogP contribution in [0.15, 0.2) is 0 Å². The Hall–Kier alpha value is -0.710. The Labute approximate surface area is 76.1 Å². The van der Waals surface area contributed by atoms with Crippen molar-refractivity contribution in [3.05, 3.63) is 0 Å². The number of carbonyl (C=O) groups excluding carboxylic acids is 1. The second-order valence-electron chi connectivity index (χ2n) is 3.44. The molecular weight excluding hydrogens is 178 g/mol. The van der Waals surface area contributed by atoms with Gasteiger partial charge in [-0.1, -0.05) is 0 Å². The van der Waals surface area contributed by atoms with Gasteiger partial charge in [0.1, 0.15) is 0 Å². The fourth-order valence-electron chi connectivity index (χ4n) is 1.39. The first-order valence-electron chi connectivity index (χ1n) is 4.32. The molecule has 13 heavy (non-hydrogen) atoms. The summed E-state index contributed by atoms with van der Waals surface area (Å²) >= 11 is 0. The van der Waals surface area contributed by atoms with Crippen LogP contribution in [0.1, 0.15) is 13.8 Å². The van der Waals surface area contributed by atoms with Crippen molar-refractivity contribution < 1.29 is 13.6 Å². The van der Waals surface area contributed by atoms with E-state index in [1.165, 1.54) is 4.90 Å². The number of amides is 1. The molecule has 76 valence electrons. The molecule has 1 saturated heterocycles. The van der Waals surface area contributed by atoms with Gasteiger partial charge in [-0.25, -0.2) is 0 Å². The Balaban J connectivity index is 2.64. The van der Waals surface area contributed by atoms with E-state index < -0.39 is 11.8 Å². The lowest BCUT2D eigenvalue weighted by Gasteiger charge is -2.35. The predicted molar refractivity (Wildman–Crippen MR) is 44.7 cm³/mol. The van der Waals surface area contributed by atoms with Crippen molar-refractivity contribution in [2.75, 3.05) is 19.6 Å². The highest BCUT2D eigenvalue weighted by molar-refractivity contribution is 5.83. The van der Waals surface area contributed by atoms with Gasteiger partial charge in [-0.2, -0.15) is 8.78 Å². The van der Waals surface area contributed by atoms with Crippen LogP contribution in [0.3, 0.4) is 0 Å². The summed E-state index contributed by atoms with van der Waals surface area (Å²) in [5.74, 6) is -4.31. The van der Waals surface area contributed by atoms with E-state index in [2.05, 4.69) is 5.32 Å². The molecule has 0 aromatic rings. The fraction of sp³-hybridized carbons (Fsp3) is 0.875. The summed E-state index contributed by atoms with van der Waals surface area (Å²) in [7, 11) is 0. The number of nitrogens with zero attached hydrogens (tertiary/aromatic N) is 1. The number of piperazine rings is 1. The minimum Gasteiger partial charge on any atom is -0.332 e. The SMILES string of the molecule is C[C@H]1CNCCN1C(=O)C(C)(F)F. The molecule has 0 saturated carbocycles. The Kier molecular flexibility index (Phi) is 2.85. The second-order valence-corrected chi connectivity index (χ2v) is 3.44. The quantitative estimate of drug-likeness (QED) is 0.654. The molecular formula is C8H14F2N2O. The molecule has 5 heteroatoms. The van der Waals surface area contributed by atoms with Crippen molar-refractivity contribution in [1.29, 1.82) is 0 Å². The van der Waals surface area contributed by atoms with Gasteiger partial charge < -0.3 is 10.2 Å². The summed E-state index contributed by atoms with van der Waals surface area (Å²) in [4.78, 5) is 12.4. The minimum absolute atomic E-state index is 0.146. The zero-order chi connectivity index (χ0) is 10.1. The number of hydrogen-bond acceptors (Lipinski definition) is 2. The second kappa shape index (κ2) is 3.57. The van der Waals surface area contributed by atoms with E-state index in [1.54, 1.807) is 6.92 Å². The monoisotopic (exact) mass is 192 g/mol. The number of carbonyl (C=O) groups is 1. The first kappa shape index (κ1) is 10.4. The van der Waals surface area contributed by atoms with Gasteiger partial charge in [0.25, 0.3) is 5.91 Å². The summed E-state index contributed by atoms with van der Waals surface area (Å²) in [6, 6.07) is -0.146. The molecule has 0 aromatic heterocycles. The molecule has 0 unspecified atom stereocenters. The van der Waals surface area contributed by atoms with Crippen LogP contribution in [0.4, 0.5) is 8.78 Å². The number of nitrogens with one attached hydrogen (secondary N) is 1. The van der Waals surface area contributed by atoms with Crippen LogP contribution in [0, 0.1) is 0 Å². The van der Waals surface area contributed by atoms with E-state index in [4.69, 9.17) is 0 Å². The third-order valence-electron chi connectivity index (χ3n) is 2.14. The highest BCUT2D eigenvalue weighted by Gasteiger charge is 2.38. The van der Waals surface area contributed by atoms with Crippen LogP contribution < -0.4 is 5.32 Å². The third kappa shape index (κ3) is 2.37. The van der Waals surface area contributed by atoms with E-state index in [0.717, 1.165) is 0 Å². The number of alkyl halides is 2. The van der Waals surface area contributed by atoms with Gasteiger partial charge in [-0.3, -0.25) is 4.79 Å². The Morgan fingerprint density at radius 3 is 2.69 bits per heavy atom. The Morgan fingerprint density at radius 1 is 1.62 bits per heavy atom. The first-order valence-corrected chi connectivity index (χ1v) is 4.32. The highest BCUT2D eigenvalue weighted by atomic mass is 19.3. The van der Waals surface area contributed by atoms with Crippen LogP contribution in [-0.2, 0) is 4.79 Å². The zero-order valence-electron chi connectivity index (χ0n) is 7.81. The van der Waals surface area contributed by atoms with E-state index in [9.17, 15) is 13.6 Å². The normalized spacial score (nSPS) is 24.6. The molecule has 0 bridgehead atoms. The van der Waals surface area contributed by atoms with Gasteiger partial charge >= 0.3 is 5.92 Å². The maximum atomic E-state index is 12.7. The Morgan fingerprint density at radius 2 is 2.23 bits per heavy atom. The Bertz CT molecular complexity index is 203. The predicted octanol–water partition coefficient (Wildman–Crippen LogP) is 0.462. The number of hydrogen-bond donors (Lipinski definition) is 1. The van der Waals surface area contributed by atoms with E-state index in [-0.39, 0.29) is 6.04 Å². The molecule has 1 amide bonds. The van der Waals surface area contributed by atoms with Gasteiger partial charge in [0.2, 0.25) is 0 Å². The van der Waals surface area contributed by atoms with Crippen molar-refractivity contribution >= 4 is 5.91 Å². The molecule has 0 spiro atoms. The molecule has 1 aliphatic heterocycles. The molecule has 0 aromatic carbocycles. The van der Waals surface area contributed by atoms with Crippen molar-refractivity contribution in [3.63, 3.8) is 0 Å². The standard InChI is InChI=1S/C8H14F2N2O/c1-6-5-11-3-4-12(6)7(13)8(2,9)10/h6,11H,3-5H2,1-2H3/t6-/m0/s1. The number of rotatable bonds is 1. The smallest absolute Gasteiger partial charge is 0.322 e. The van der Waals surface area contributed by atoms with E-state index in [1.807, 2.05) is 0 Å². The maximum Gasteiger partial charge on any atom is 0.322 e. The van der Waals surface area contributed by atoms with Crippen LogP contribution in [-0.4, -0.2) is 42.4 Å². The van der Waals surface area contributed by atoms with Gasteiger partial charge in [-0.15, -0.1) is 0 Å². The fourth-order valence-corrected chi connectivity index (χ4v) is 1.39. The lowest BCUT2D eigenvalue weighted by atomic mass is 10.2. The minimum atomic E-state index is -3.24. The number of halogens is 2. The topological polar surface area (TPSA) is 32.3 Å². The molecule has 1 fully saturated rings. The van der Waals surface area contributed by atoms with Crippen LogP contribution in [0.25, 0.3) is 0 Å². The summed E-state index contributed by atoms with van der Waals surface area (Å²) in [6.45, 7) is 3.94. The largest absolute Gasteiger partial charge is 0.332 e. The van der Waals surface area contributed by atoms with Crippen molar-refractivity contribution in [1.82, 2.24) is 10.2 Å². The average Bonchev–Trinajstić information content (AvgIpc) is 2.02. The zero-order valence-corrected chi connectivity index (χ0v) is 7.81. The van der Waals surface area contributed by atoms with Crippen molar-refractivity contribution in [2.24, 2.45) is 0 Å². The van der Waals surface area contributed by atoms with E-state index in [0.29, 0.717) is 26.6 Å². The van der Waals surface area contributed by atoms with Gasteiger partial charge in [0, 0.05) is 32.6 Å². The molecule has 0 radical (unpaired) electrons. The first-order chi connectivity index (χ1) is 5.93. The molecule has 1 heterocycles. The van der Waals surface area contributed by atoms with Crippen molar-refractivity contribution in [2.45, 2.75) is 25.8 Å². The van der Waals surface area contributed by atoms with Crippen LogP contribution in [0.5, 0.6) is 0 Å². The highest BCUT2D eigenvalue weighted by Crippen LogP contribution is 2.18. The molecule has 3 nitrogen and oxygen atoms in total. The maximum absolute atomic E-state index is 12.7. The summed E-state index contributed by atoms with van der Waals surface area (Å²) in [5, 5.41) is 3.03. The van der Waals surface area contributed by atoms with Crippen LogP contribution >= 0.6 is 0 Å². The molecule has 1 aliphatic rings. The third-order valence-corrected chi connectivity index (χ3v) is 2.14. The summed E-state index contributed by atoms with van der Waals surface area (Å²) < 4.78 is 25.3. The van der Waals surface area contributed by atoms with Crippen LogP contribution in [0.2, 0.25) is 0 Å². The molecule has 0 aliphatic carbocycles. The van der Waals surface area contributed by atoms with Gasteiger partial charge in [-0.05, 0) is 6.92 Å². The van der Waals surface area contributed by atoms with E-state index >= 15 is 0 Å². The van der Waals surface area contributed by atoms with Crippen molar-refractivity contribution in [3.8, 4) is 0 Å². The average molecular weight is 192 g/mol. The summed E-state index contributed by atoms with van der Waals surface area (Å²) in [6.07, 6.45) is 0. The summed E-state index contributed by atoms with van der Waals surface area (Å²) in [5.41, 5.74) is 0. The lowest BCUT2D eigenvalue weighted by Crippen LogP contribution is -2.55.